The zero-order chi connectivity index (χ0) is 14.4. The quantitative estimate of drug-likeness (QED) is 0.802. The molecule has 5 nitrogen and oxygen atoms in total. The first kappa shape index (κ1) is 14.8. The van der Waals surface area contributed by atoms with E-state index in [1.54, 1.807) is 0 Å². The molecule has 0 unspecified atom stereocenters. The van der Waals surface area contributed by atoms with Gasteiger partial charge >= 0.3 is 0 Å². The highest BCUT2D eigenvalue weighted by Gasteiger charge is 2.21. The van der Waals surface area contributed by atoms with Crippen LogP contribution in [0.4, 0.5) is 5.69 Å². The Bertz CT molecular complexity index is 442. The second-order valence-corrected chi connectivity index (χ2v) is 5.05. The lowest BCUT2D eigenvalue weighted by Crippen LogP contribution is -2.49. The Morgan fingerprint density at radius 3 is 2.70 bits per heavy atom. The lowest BCUT2D eigenvalue weighted by Gasteiger charge is -2.36. The molecule has 0 aliphatic carbocycles. The van der Waals surface area contributed by atoms with Gasteiger partial charge in [-0.3, -0.25) is 4.79 Å². The molecule has 1 heterocycles. The van der Waals surface area contributed by atoms with Crippen LogP contribution in [0.3, 0.4) is 0 Å². The molecule has 1 aliphatic rings. The van der Waals surface area contributed by atoms with Gasteiger partial charge in [0.05, 0.1) is 6.61 Å². The summed E-state index contributed by atoms with van der Waals surface area (Å²) in [7, 11) is 0. The van der Waals surface area contributed by atoms with Crippen LogP contribution in [-0.4, -0.2) is 56.7 Å². The summed E-state index contributed by atoms with van der Waals surface area (Å²) in [5.41, 5.74) is 7.82. The van der Waals surface area contributed by atoms with Gasteiger partial charge < -0.3 is 20.3 Å². The number of carbonyl (C=O) groups excluding carboxylic acids is 1. The number of carbonyl (C=O) groups is 1. The van der Waals surface area contributed by atoms with Gasteiger partial charge in [-0.1, -0.05) is 12.1 Å². The predicted octanol–water partition coefficient (Wildman–Crippen LogP) is 0.619. The van der Waals surface area contributed by atoms with Crippen molar-refractivity contribution < 1.29 is 9.53 Å². The molecular weight excluding hydrogens is 254 g/mol. The summed E-state index contributed by atoms with van der Waals surface area (Å²) < 4.78 is 5.20. The van der Waals surface area contributed by atoms with E-state index >= 15 is 0 Å². The smallest absolute Gasteiger partial charge is 0.248 e. The number of aryl methyl sites for hydroxylation is 1. The monoisotopic (exact) mass is 277 g/mol. The number of nitrogens with zero attached hydrogens (tertiary/aromatic N) is 2. The standard InChI is InChI=1S/C15H23N3O2/c1-13-3-2-4-14(11-13)17-6-8-18(9-7-17)15(19)12-20-10-5-16/h2-4,11H,5-10,12,16H2,1H3. The van der Waals surface area contributed by atoms with Crippen molar-refractivity contribution in [3.63, 3.8) is 0 Å². The van der Waals surface area contributed by atoms with Crippen molar-refractivity contribution in [2.24, 2.45) is 5.73 Å². The highest BCUT2D eigenvalue weighted by molar-refractivity contribution is 5.77. The van der Waals surface area contributed by atoms with E-state index in [-0.39, 0.29) is 12.5 Å². The topological polar surface area (TPSA) is 58.8 Å². The molecule has 0 spiro atoms. The number of hydrogen-bond donors (Lipinski definition) is 1. The number of anilines is 1. The normalized spacial score (nSPS) is 15.5. The average Bonchev–Trinajstić information content (AvgIpc) is 2.47. The van der Waals surface area contributed by atoms with Gasteiger partial charge in [0.15, 0.2) is 0 Å². The fraction of sp³-hybridized carbons (Fsp3) is 0.533. The summed E-state index contributed by atoms with van der Waals surface area (Å²) in [6.45, 7) is 6.36. The molecule has 2 N–H and O–H groups in total. The minimum absolute atomic E-state index is 0.0577. The maximum Gasteiger partial charge on any atom is 0.248 e. The Morgan fingerprint density at radius 2 is 2.05 bits per heavy atom. The first-order valence-electron chi connectivity index (χ1n) is 7.08. The Balaban J connectivity index is 1.81. The number of hydrogen-bond acceptors (Lipinski definition) is 4. The van der Waals surface area contributed by atoms with Crippen molar-refractivity contribution in [1.82, 2.24) is 4.90 Å². The average molecular weight is 277 g/mol. The third-order valence-corrected chi connectivity index (χ3v) is 3.49. The van der Waals surface area contributed by atoms with Crippen LogP contribution in [0.15, 0.2) is 24.3 Å². The SMILES string of the molecule is Cc1cccc(N2CCN(C(=O)COCCN)CC2)c1. The summed E-state index contributed by atoms with van der Waals surface area (Å²) in [6.07, 6.45) is 0. The molecule has 1 aliphatic heterocycles. The van der Waals surface area contributed by atoms with Crippen molar-refractivity contribution >= 4 is 11.6 Å². The van der Waals surface area contributed by atoms with Crippen LogP contribution in [0.1, 0.15) is 5.56 Å². The second-order valence-electron chi connectivity index (χ2n) is 5.05. The molecule has 1 saturated heterocycles. The summed E-state index contributed by atoms with van der Waals surface area (Å²) >= 11 is 0. The Hall–Kier alpha value is -1.59. The molecule has 0 saturated carbocycles. The molecule has 0 bridgehead atoms. The Morgan fingerprint density at radius 1 is 1.30 bits per heavy atom. The fourth-order valence-electron chi connectivity index (χ4n) is 2.37. The van der Waals surface area contributed by atoms with Gasteiger partial charge in [-0.15, -0.1) is 0 Å². The Kier molecular flexibility index (Phi) is 5.38. The van der Waals surface area contributed by atoms with Crippen LogP contribution >= 0.6 is 0 Å². The third-order valence-electron chi connectivity index (χ3n) is 3.49. The number of benzene rings is 1. The van der Waals surface area contributed by atoms with E-state index in [0.717, 1.165) is 26.2 Å². The zero-order valence-electron chi connectivity index (χ0n) is 12.0. The van der Waals surface area contributed by atoms with Gasteiger partial charge in [0.2, 0.25) is 5.91 Å². The van der Waals surface area contributed by atoms with E-state index in [2.05, 4.69) is 36.1 Å². The second kappa shape index (κ2) is 7.26. The minimum atomic E-state index is 0.0577. The number of amides is 1. The third kappa shape index (κ3) is 3.95. The van der Waals surface area contributed by atoms with Crippen LogP contribution in [0.5, 0.6) is 0 Å². The zero-order valence-corrected chi connectivity index (χ0v) is 12.0. The maximum atomic E-state index is 11.9. The lowest BCUT2D eigenvalue weighted by atomic mass is 10.2. The van der Waals surface area contributed by atoms with Crippen molar-refractivity contribution in [2.45, 2.75) is 6.92 Å². The predicted molar refractivity (Wildman–Crippen MR) is 79.8 cm³/mol. The molecule has 1 amide bonds. The van der Waals surface area contributed by atoms with E-state index in [1.165, 1.54) is 11.3 Å². The molecule has 0 radical (unpaired) electrons. The van der Waals surface area contributed by atoms with E-state index < -0.39 is 0 Å². The molecule has 5 heteroatoms. The van der Waals surface area contributed by atoms with E-state index in [9.17, 15) is 4.79 Å². The minimum Gasteiger partial charge on any atom is -0.370 e. The van der Waals surface area contributed by atoms with Gasteiger partial charge in [-0.05, 0) is 24.6 Å². The van der Waals surface area contributed by atoms with Gasteiger partial charge in [-0.2, -0.15) is 0 Å². The lowest BCUT2D eigenvalue weighted by molar-refractivity contribution is -0.136. The molecule has 110 valence electrons. The van der Waals surface area contributed by atoms with Crippen molar-refractivity contribution in [2.75, 3.05) is 50.8 Å². The molecular formula is C15H23N3O2. The Labute approximate surface area is 120 Å². The van der Waals surface area contributed by atoms with E-state index in [0.29, 0.717) is 13.2 Å². The summed E-state index contributed by atoms with van der Waals surface area (Å²) in [5.74, 6) is 0.0577. The molecule has 1 aromatic carbocycles. The highest BCUT2D eigenvalue weighted by Crippen LogP contribution is 2.17. The summed E-state index contributed by atoms with van der Waals surface area (Å²) in [4.78, 5) is 16.1. The highest BCUT2D eigenvalue weighted by atomic mass is 16.5. The maximum absolute atomic E-state index is 11.9. The molecule has 1 fully saturated rings. The van der Waals surface area contributed by atoms with Crippen LogP contribution in [-0.2, 0) is 9.53 Å². The number of piperazine rings is 1. The van der Waals surface area contributed by atoms with E-state index in [4.69, 9.17) is 10.5 Å². The molecule has 1 aromatic rings. The number of nitrogens with two attached hydrogens (primary N) is 1. The molecule has 0 atom stereocenters. The number of ether oxygens (including phenoxy) is 1. The van der Waals surface area contributed by atoms with Gasteiger partial charge in [-0.25, -0.2) is 0 Å². The van der Waals surface area contributed by atoms with Crippen molar-refractivity contribution in [1.29, 1.82) is 0 Å². The van der Waals surface area contributed by atoms with Gasteiger partial charge in [0.25, 0.3) is 0 Å². The van der Waals surface area contributed by atoms with Crippen LogP contribution in [0.2, 0.25) is 0 Å². The molecule has 0 aromatic heterocycles. The largest absolute Gasteiger partial charge is 0.370 e. The van der Waals surface area contributed by atoms with E-state index in [1.807, 2.05) is 4.90 Å². The summed E-state index contributed by atoms with van der Waals surface area (Å²) in [6, 6.07) is 8.47. The molecule has 20 heavy (non-hydrogen) atoms. The first-order valence-corrected chi connectivity index (χ1v) is 7.08. The first-order chi connectivity index (χ1) is 9.70. The van der Waals surface area contributed by atoms with Gasteiger partial charge in [0, 0.05) is 38.4 Å². The van der Waals surface area contributed by atoms with Crippen LogP contribution in [0.25, 0.3) is 0 Å². The van der Waals surface area contributed by atoms with Gasteiger partial charge in [0.1, 0.15) is 6.61 Å². The van der Waals surface area contributed by atoms with Crippen LogP contribution in [0, 0.1) is 6.92 Å². The van der Waals surface area contributed by atoms with Crippen molar-refractivity contribution in [3.05, 3.63) is 29.8 Å². The fourth-order valence-corrected chi connectivity index (χ4v) is 2.37. The molecule has 2 rings (SSSR count). The summed E-state index contributed by atoms with van der Waals surface area (Å²) in [5, 5.41) is 0. The van der Waals surface area contributed by atoms with Crippen LogP contribution < -0.4 is 10.6 Å². The van der Waals surface area contributed by atoms with Crippen molar-refractivity contribution in [3.8, 4) is 0 Å². The number of rotatable bonds is 5.